The van der Waals surface area contributed by atoms with Crippen molar-refractivity contribution in [1.82, 2.24) is 5.32 Å². The first-order valence-electron chi connectivity index (χ1n) is 3.67. The van der Waals surface area contributed by atoms with Gasteiger partial charge in [-0.3, -0.25) is 0 Å². The zero-order valence-corrected chi connectivity index (χ0v) is 7.65. The van der Waals surface area contributed by atoms with E-state index in [9.17, 15) is 0 Å². The lowest BCUT2D eigenvalue weighted by Crippen LogP contribution is -2.06. The van der Waals surface area contributed by atoms with Gasteiger partial charge in [0.05, 0.1) is 0 Å². The third-order valence-corrected chi connectivity index (χ3v) is 1.83. The second-order valence-electron chi connectivity index (χ2n) is 2.48. The van der Waals surface area contributed by atoms with Crippen LogP contribution in [0.5, 0.6) is 0 Å². The molecule has 0 atom stereocenters. The summed E-state index contributed by atoms with van der Waals surface area (Å²) in [6.45, 7) is 0.775. The van der Waals surface area contributed by atoms with Crippen LogP contribution in [0.25, 0.3) is 0 Å². The van der Waals surface area contributed by atoms with E-state index >= 15 is 0 Å². The van der Waals surface area contributed by atoms with Crippen molar-refractivity contribution < 1.29 is 0 Å². The van der Waals surface area contributed by atoms with Crippen LogP contribution >= 0.6 is 11.6 Å². The molecule has 0 aliphatic rings. The predicted octanol–water partition coefficient (Wildman–Crippen LogP) is 2.04. The number of benzene rings is 1. The van der Waals surface area contributed by atoms with Crippen molar-refractivity contribution >= 4 is 11.6 Å². The molecule has 0 fully saturated rings. The highest BCUT2D eigenvalue weighted by molar-refractivity contribution is 6.30. The van der Waals surface area contributed by atoms with E-state index in [1.54, 1.807) is 6.07 Å². The zero-order valence-electron chi connectivity index (χ0n) is 6.89. The van der Waals surface area contributed by atoms with Gasteiger partial charge in [-0.05, 0) is 24.7 Å². The summed E-state index contributed by atoms with van der Waals surface area (Å²) in [6.07, 6.45) is 5.31. The van der Waals surface area contributed by atoms with E-state index < -0.39 is 0 Å². The quantitative estimate of drug-likeness (QED) is 0.686. The molecule has 0 unspecified atom stereocenters. The monoisotopic (exact) mass is 179 g/mol. The van der Waals surface area contributed by atoms with Crippen LogP contribution in [0.1, 0.15) is 11.1 Å². The number of hydrogen-bond acceptors (Lipinski definition) is 1. The molecule has 1 nitrogen and oxygen atoms in total. The number of rotatable bonds is 2. The number of terminal acetylenes is 1. The van der Waals surface area contributed by atoms with Crippen molar-refractivity contribution in [2.24, 2.45) is 0 Å². The molecule has 1 aromatic rings. The van der Waals surface area contributed by atoms with Gasteiger partial charge in [-0.15, -0.1) is 6.42 Å². The molecule has 0 aromatic heterocycles. The third-order valence-electron chi connectivity index (χ3n) is 1.59. The summed E-state index contributed by atoms with van der Waals surface area (Å²) in [4.78, 5) is 0. The summed E-state index contributed by atoms with van der Waals surface area (Å²) in [6, 6.07) is 5.58. The highest BCUT2D eigenvalue weighted by atomic mass is 35.5. The molecule has 0 saturated heterocycles. The minimum absolute atomic E-state index is 0.683. The lowest BCUT2D eigenvalue weighted by molar-refractivity contribution is 0.816. The lowest BCUT2D eigenvalue weighted by atomic mass is 10.1. The molecule has 1 rings (SSSR count). The number of nitrogens with one attached hydrogen (secondary N) is 1. The summed E-state index contributed by atoms with van der Waals surface area (Å²) in [5.41, 5.74) is 1.96. The standard InChI is InChI=1S/C10H10ClN/c1-3-8-6-10(11)5-4-9(8)7-12-2/h1,4-6,12H,7H2,2H3. The van der Waals surface area contributed by atoms with Crippen LogP contribution in [0.4, 0.5) is 0 Å². The predicted molar refractivity (Wildman–Crippen MR) is 52.2 cm³/mol. The summed E-state index contributed by atoms with van der Waals surface area (Å²) in [7, 11) is 1.88. The Bertz CT molecular complexity index is 312. The second kappa shape index (κ2) is 4.15. The van der Waals surface area contributed by atoms with E-state index in [1.165, 1.54) is 0 Å². The molecule has 0 aliphatic carbocycles. The Balaban J connectivity index is 3.05. The van der Waals surface area contributed by atoms with Gasteiger partial charge in [-0.1, -0.05) is 23.6 Å². The normalized spacial score (nSPS) is 9.42. The maximum Gasteiger partial charge on any atom is 0.0418 e. The Morgan fingerprint density at radius 1 is 1.58 bits per heavy atom. The Morgan fingerprint density at radius 2 is 2.33 bits per heavy atom. The topological polar surface area (TPSA) is 12.0 Å². The lowest BCUT2D eigenvalue weighted by Gasteiger charge is -2.03. The van der Waals surface area contributed by atoms with Crippen molar-refractivity contribution in [3.63, 3.8) is 0 Å². The van der Waals surface area contributed by atoms with Crippen LogP contribution in [0.3, 0.4) is 0 Å². The number of halogens is 1. The molecule has 0 bridgehead atoms. The Labute approximate surface area is 77.7 Å². The molecule has 1 N–H and O–H groups in total. The van der Waals surface area contributed by atoms with E-state index in [4.69, 9.17) is 18.0 Å². The molecular formula is C10H10ClN. The highest BCUT2D eigenvalue weighted by Gasteiger charge is 1.98. The summed E-state index contributed by atoms with van der Waals surface area (Å²) in [5, 5.41) is 3.72. The fourth-order valence-corrected chi connectivity index (χ4v) is 1.20. The van der Waals surface area contributed by atoms with Crippen molar-refractivity contribution in [1.29, 1.82) is 0 Å². The summed E-state index contributed by atoms with van der Waals surface area (Å²) >= 11 is 5.78. The molecule has 12 heavy (non-hydrogen) atoms. The third kappa shape index (κ3) is 2.01. The molecule has 0 heterocycles. The molecule has 0 radical (unpaired) electrons. The minimum Gasteiger partial charge on any atom is -0.316 e. The average molecular weight is 180 g/mol. The van der Waals surface area contributed by atoms with Gasteiger partial charge in [-0.2, -0.15) is 0 Å². The van der Waals surface area contributed by atoms with Crippen molar-refractivity contribution in [3.8, 4) is 12.3 Å². The first kappa shape index (κ1) is 9.12. The maximum atomic E-state index is 5.78. The van der Waals surface area contributed by atoms with Crippen molar-refractivity contribution in [3.05, 3.63) is 34.3 Å². The van der Waals surface area contributed by atoms with Gasteiger partial charge in [0, 0.05) is 17.1 Å². The van der Waals surface area contributed by atoms with E-state index in [1.807, 2.05) is 19.2 Å². The van der Waals surface area contributed by atoms with Crippen molar-refractivity contribution in [2.75, 3.05) is 7.05 Å². The molecule has 62 valence electrons. The first-order chi connectivity index (χ1) is 5.77. The van der Waals surface area contributed by atoms with Gasteiger partial charge in [0.2, 0.25) is 0 Å². The molecule has 1 aromatic carbocycles. The van der Waals surface area contributed by atoms with E-state index in [-0.39, 0.29) is 0 Å². The molecule has 0 aliphatic heterocycles. The summed E-state index contributed by atoms with van der Waals surface area (Å²) < 4.78 is 0. The van der Waals surface area contributed by atoms with Crippen LogP contribution in [-0.4, -0.2) is 7.05 Å². The highest BCUT2D eigenvalue weighted by Crippen LogP contribution is 2.14. The van der Waals surface area contributed by atoms with Gasteiger partial charge in [0.25, 0.3) is 0 Å². The second-order valence-corrected chi connectivity index (χ2v) is 2.91. The zero-order chi connectivity index (χ0) is 8.97. The molecule has 2 heteroatoms. The summed E-state index contributed by atoms with van der Waals surface area (Å²) in [5.74, 6) is 2.60. The SMILES string of the molecule is C#Cc1cc(Cl)ccc1CNC. The van der Waals surface area contributed by atoms with Gasteiger partial charge >= 0.3 is 0 Å². The fraction of sp³-hybridized carbons (Fsp3) is 0.200. The molecule has 0 amide bonds. The largest absolute Gasteiger partial charge is 0.316 e. The van der Waals surface area contributed by atoms with E-state index in [2.05, 4.69) is 11.2 Å². The van der Waals surface area contributed by atoms with Gasteiger partial charge in [0.15, 0.2) is 0 Å². The van der Waals surface area contributed by atoms with Gasteiger partial charge in [-0.25, -0.2) is 0 Å². The van der Waals surface area contributed by atoms with Crippen LogP contribution in [0.15, 0.2) is 18.2 Å². The van der Waals surface area contributed by atoms with Gasteiger partial charge < -0.3 is 5.32 Å². The fourth-order valence-electron chi connectivity index (χ4n) is 1.03. The Morgan fingerprint density at radius 3 is 2.92 bits per heavy atom. The van der Waals surface area contributed by atoms with Gasteiger partial charge in [0.1, 0.15) is 0 Å². The van der Waals surface area contributed by atoms with Crippen LogP contribution in [0.2, 0.25) is 5.02 Å². The first-order valence-corrected chi connectivity index (χ1v) is 4.05. The molecule has 0 spiro atoms. The van der Waals surface area contributed by atoms with Crippen LogP contribution in [0, 0.1) is 12.3 Å². The van der Waals surface area contributed by atoms with Crippen LogP contribution in [-0.2, 0) is 6.54 Å². The Hall–Kier alpha value is -0.970. The smallest absolute Gasteiger partial charge is 0.0418 e. The molecular weight excluding hydrogens is 170 g/mol. The number of hydrogen-bond donors (Lipinski definition) is 1. The van der Waals surface area contributed by atoms with E-state index in [0.717, 1.165) is 17.7 Å². The molecule has 0 saturated carbocycles. The van der Waals surface area contributed by atoms with E-state index in [0.29, 0.717) is 5.02 Å². The van der Waals surface area contributed by atoms with Crippen molar-refractivity contribution in [2.45, 2.75) is 6.54 Å². The minimum atomic E-state index is 0.683. The maximum absolute atomic E-state index is 5.78. The van der Waals surface area contributed by atoms with Crippen LogP contribution < -0.4 is 5.32 Å². The average Bonchev–Trinajstić information content (AvgIpc) is 2.08. The Kier molecular flexibility index (Phi) is 3.16.